The number of halogens is 1. The third-order valence-corrected chi connectivity index (χ3v) is 7.06. The summed E-state index contributed by atoms with van der Waals surface area (Å²) < 4.78 is 22.7. The number of unbranched alkanes of at least 4 members (excludes halogenated alkanes) is 1. The summed E-state index contributed by atoms with van der Waals surface area (Å²) in [5.41, 5.74) is 4.17. The topological polar surface area (TPSA) is 46.5 Å². The molecule has 33 heavy (non-hydrogen) atoms. The maximum Gasteiger partial charge on any atom is 0.328 e. The predicted octanol–water partition coefficient (Wildman–Crippen LogP) is 8.62. The van der Waals surface area contributed by atoms with Crippen molar-refractivity contribution in [1.82, 2.24) is 0 Å². The number of thiophene rings is 1. The Morgan fingerprint density at radius 2 is 1.88 bits per heavy atom. The van der Waals surface area contributed by atoms with Gasteiger partial charge in [0.2, 0.25) is 0 Å². The van der Waals surface area contributed by atoms with E-state index in [1.807, 2.05) is 6.07 Å². The lowest BCUT2D eigenvalue weighted by atomic mass is 9.88. The maximum absolute atomic E-state index is 15.5. The Morgan fingerprint density at radius 3 is 2.48 bits per heavy atom. The SMILES string of the molecule is CCCCOc1c(-c2c(F)ccc3sc(C(C)=CC(=O)O)cc23)cc(C(C)C)cc1C(C)C. The molecule has 0 amide bonds. The van der Waals surface area contributed by atoms with E-state index in [4.69, 9.17) is 9.84 Å². The number of benzene rings is 2. The average Bonchev–Trinajstić information content (AvgIpc) is 3.17. The highest BCUT2D eigenvalue weighted by atomic mass is 32.1. The highest BCUT2D eigenvalue weighted by molar-refractivity contribution is 7.20. The van der Waals surface area contributed by atoms with E-state index < -0.39 is 5.97 Å². The quantitative estimate of drug-likeness (QED) is 0.252. The molecule has 0 atom stereocenters. The Kier molecular flexibility index (Phi) is 7.96. The minimum Gasteiger partial charge on any atom is -0.493 e. The lowest BCUT2D eigenvalue weighted by Gasteiger charge is -2.22. The van der Waals surface area contributed by atoms with Crippen molar-refractivity contribution in [1.29, 1.82) is 0 Å². The summed E-state index contributed by atoms with van der Waals surface area (Å²) in [6.07, 6.45) is 3.14. The van der Waals surface area contributed by atoms with Crippen molar-refractivity contribution in [3.63, 3.8) is 0 Å². The first-order valence-electron chi connectivity index (χ1n) is 11.6. The van der Waals surface area contributed by atoms with E-state index in [9.17, 15) is 4.79 Å². The van der Waals surface area contributed by atoms with Crippen molar-refractivity contribution < 1.29 is 19.0 Å². The zero-order chi connectivity index (χ0) is 24.3. The van der Waals surface area contributed by atoms with Crippen LogP contribution in [0.25, 0.3) is 26.8 Å². The number of fused-ring (bicyclic) bond motifs is 1. The summed E-state index contributed by atoms with van der Waals surface area (Å²) in [4.78, 5) is 12.0. The van der Waals surface area contributed by atoms with Crippen LogP contribution in [-0.2, 0) is 4.79 Å². The number of aliphatic carboxylic acids is 1. The molecule has 5 heteroatoms. The molecule has 0 aliphatic carbocycles. The van der Waals surface area contributed by atoms with Crippen LogP contribution in [0.15, 0.2) is 36.4 Å². The number of carboxylic acid groups (broad SMARTS) is 1. The molecule has 2 aromatic carbocycles. The Bertz CT molecular complexity index is 1190. The zero-order valence-corrected chi connectivity index (χ0v) is 21.1. The summed E-state index contributed by atoms with van der Waals surface area (Å²) in [6.45, 7) is 13.0. The van der Waals surface area contributed by atoms with Crippen LogP contribution in [0.4, 0.5) is 4.39 Å². The van der Waals surface area contributed by atoms with Gasteiger partial charge in [0.05, 0.1) is 6.61 Å². The smallest absolute Gasteiger partial charge is 0.328 e. The molecule has 3 aromatic rings. The van der Waals surface area contributed by atoms with Crippen molar-refractivity contribution in [2.24, 2.45) is 0 Å². The standard InChI is InChI=1S/C28H33FO3S/c1-7-8-11-32-28-20(17(4)5)13-19(16(2)3)14-22(28)27-21-15-25(18(6)12-26(30)31)33-24(21)10-9-23(27)29/h9-10,12-17H,7-8,11H2,1-6H3,(H,30,31). The highest BCUT2D eigenvalue weighted by Crippen LogP contribution is 2.45. The Morgan fingerprint density at radius 1 is 1.15 bits per heavy atom. The van der Waals surface area contributed by atoms with Crippen LogP contribution in [0.3, 0.4) is 0 Å². The first-order chi connectivity index (χ1) is 15.6. The van der Waals surface area contributed by atoms with E-state index in [2.05, 4.69) is 46.8 Å². The molecule has 176 valence electrons. The number of allylic oxidation sites excluding steroid dienone is 1. The number of ether oxygens (including phenoxy) is 1. The van der Waals surface area contributed by atoms with Gasteiger partial charge < -0.3 is 9.84 Å². The van der Waals surface area contributed by atoms with E-state index in [-0.39, 0.29) is 17.7 Å². The maximum atomic E-state index is 15.5. The van der Waals surface area contributed by atoms with E-state index in [0.717, 1.165) is 50.2 Å². The zero-order valence-electron chi connectivity index (χ0n) is 20.3. The van der Waals surface area contributed by atoms with Gasteiger partial charge in [0, 0.05) is 32.2 Å². The fourth-order valence-electron chi connectivity index (χ4n) is 3.91. The van der Waals surface area contributed by atoms with Gasteiger partial charge in [0.1, 0.15) is 11.6 Å². The number of rotatable bonds is 9. The molecule has 0 fully saturated rings. The third-order valence-electron chi connectivity index (χ3n) is 5.82. The highest BCUT2D eigenvalue weighted by Gasteiger charge is 2.22. The molecule has 0 aliphatic rings. The number of carboxylic acids is 1. The normalized spacial score (nSPS) is 12.2. The van der Waals surface area contributed by atoms with Crippen LogP contribution in [0.2, 0.25) is 0 Å². The van der Waals surface area contributed by atoms with Crippen LogP contribution in [0.5, 0.6) is 5.75 Å². The van der Waals surface area contributed by atoms with E-state index in [1.165, 1.54) is 23.5 Å². The Labute approximate surface area is 199 Å². The van der Waals surface area contributed by atoms with Crippen LogP contribution in [-0.4, -0.2) is 17.7 Å². The summed E-state index contributed by atoms with van der Waals surface area (Å²) in [5, 5.41) is 9.93. The van der Waals surface area contributed by atoms with Crippen molar-refractivity contribution >= 4 is 33.0 Å². The molecule has 0 unspecified atom stereocenters. The number of carbonyl (C=O) groups is 1. The summed E-state index contributed by atoms with van der Waals surface area (Å²) in [6, 6.07) is 9.43. The number of hydrogen-bond donors (Lipinski definition) is 1. The molecule has 3 nitrogen and oxygen atoms in total. The van der Waals surface area contributed by atoms with Crippen molar-refractivity contribution in [3.05, 3.63) is 58.2 Å². The van der Waals surface area contributed by atoms with Gasteiger partial charge in [-0.25, -0.2) is 9.18 Å². The summed E-state index contributed by atoms with van der Waals surface area (Å²) in [5.74, 6) is -0.0382. The van der Waals surface area contributed by atoms with E-state index in [0.29, 0.717) is 17.7 Å². The second-order valence-corrected chi connectivity index (χ2v) is 10.2. The third kappa shape index (κ3) is 5.47. The van der Waals surface area contributed by atoms with E-state index >= 15 is 4.39 Å². The van der Waals surface area contributed by atoms with Crippen LogP contribution >= 0.6 is 11.3 Å². The molecule has 0 saturated heterocycles. The van der Waals surface area contributed by atoms with Crippen LogP contribution in [0.1, 0.15) is 82.2 Å². The van der Waals surface area contributed by atoms with Crippen molar-refractivity contribution in [2.45, 2.75) is 66.2 Å². The second kappa shape index (κ2) is 10.5. The fourth-order valence-corrected chi connectivity index (χ4v) is 4.95. The minimum atomic E-state index is -0.991. The van der Waals surface area contributed by atoms with E-state index in [1.54, 1.807) is 13.0 Å². The Balaban J connectivity index is 2.33. The molecule has 0 bridgehead atoms. The first-order valence-corrected chi connectivity index (χ1v) is 12.4. The van der Waals surface area contributed by atoms with Gasteiger partial charge >= 0.3 is 5.97 Å². The number of hydrogen-bond acceptors (Lipinski definition) is 3. The molecule has 1 N–H and O–H groups in total. The van der Waals surface area contributed by atoms with Gasteiger partial charge in [-0.05, 0) is 66.1 Å². The molecule has 0 aliphatic heterocycles. The molecule has 0 radical (unpaired) electrons. The van der Waals surface area contributed by atoms with Gasteiger partial charge in [0.25, 0.3) is 0 Å². The second-order valence-electron chi connectivity index (χ2n) is 9.11. The predicted molar refractivity (Wildman–Crippen MR) is 137 cm³/mol. The minimum absolute atomic E-state index is 0.222. The molecular formula is C28H33FO3S. The summed E-state index contributed by atoms with van der Waals surface area (Å²) >= 11 is 1.47. The fraction of sp³-hybridized carbons (Fsp3) is 0.393. The molecule has 1 aromatic heterocycles. The van der Waals surface area contributed by atoms with Crippen molar-refractivity contribution in [2.75, 3.05) is 6.61 Å². The average molecular weight is 469 g/mol. The monoisotopic (exact) mass is 468 g/mol. The van der Waals surface area contributed by atoms with Crippen LogP contribution in [0, 0.1) is 5.82 Å². The largest absolute Gasteiger partial charge is 0.493 e. The van der Waals surface area contributed by atoms with Gasteiger partial charge in [-0.1, -0.05) is 47.1 Å². The molecule has 0 spiro atoms. The lowest BCUT2D eigenvalue weighted by Crippen LogP contribution is -2.05. The lowest BCUT2D eigenvalue weighted by molar-refractivity contribution is -0.131. The Hall–Kier alpha value is -2.66. The van der Waals surface area contributed by atoms with Gasteiger partial charge in [0.15, 0.2) is 0 Å². The molecule has 1 heterocycles. The van der Waals surface area contributed by atoms with Crippen molar-refractivity contribution in [3.8, 4) is 16.9 Å². The summed E-state index contributed by atoms with van der Waals surface area (Å²) in [7, 11) is 0. The van der Waals surface area contributed by atoms with Gasteiger partial charge in [-0.15, -0.1) is 11.3 Å². The van der Waals surface area contributed by atoms with Crippen LogP contribution < -0.4 is 4.74 Å². The molecule has 3 rings (SSSR count). The molecule has 0 saturated carbocycles. The molecular weight excluding hydrogens is 435 g/mol. The first kappa shape index (κ1) is 25.0. The van der Waals surface area contributed by atoms with Gasteiger partial charge in [-0.2, -0.15) is 0 Å². The van der Waals surface area contributed by atoms with Gasteiger partial charge in [-0.3, -0.25) is 0 Å².